The number of hydrogen-bond acceptors (Lipinski definition) is 4. The zero-order chi connectivity index (χ0) is 13.5. The maximum atomic E-state index is 11.1. The van der Waals surface area contributed by atoms with E-state index in [1.165, 1.54) is 0 Å². The lowest BCUT2D eigenvalue weighted by Gasteiger charge is -2.19. The molecule has 0 radical (unpaired) electrons. The second-order valence-corrected chi connectivity index (χ2v) is 4.35. The summed E-state index contributed by atoms with van der Waals surface area (Å²) in [5.74, 6) is -1.55. The van der Waals surface area contributed by atoms with Gasteiger partial charge in [-0.25, -0.2) is 4.79 Å². The Balaban J connectivity index is 3.66. The van der Waals surface area contributed by atoms with Gasteiger partial charge >= 0.3 is 12.1 Å². The van der Waals surface area contributed by atoms with Crippen LogP contribution in [0.5, 0.6) is 0 Å². The van der Waals surface area contributed by atoms with Crippen molar-refractivity contribution in [3.63, 3.8) is 0 Å². The molecule has 0 rings (SSSR count). The summed E-state index contributed by atoms with van der Waals surface area (Å²) in [5, 5.41) is 12.9. The van der Waals surface area contributed by atoms with Crippen LogP contribution in [0.3, 0.4) is 0 Å². The van der Waals surface area contributed by atoms with Crippen molar-refractivity contribution in [1.82, 2.24) is 10.6 Å². The summed E-state index contributed by atoms with van der Waals surface area (Å²) in [6.07, 6.45) is -0.601. The van der Waals surface area contributed by atoms with E-state index in [9.17, 15) is 14.4 Å². The molecule has 0 aromatic heterocycles. The molecule has 17 heavy (non-hydrogen) atoms. The molecule has 0 aliphatic heterocycles. The molecule has 0 heterocycles. The minimum Gasteiger partial charge on any atom is -0.480 e. The summed E-state index contributed by atoms with van der Waals surface area (Å²) in [6.45, 7) is 4.86. The largest absolute Gasteiger partial charge is 0.480 e. The van der Waals surface area contributed by atoms with Crippen LogP contribution in [0.1, 0.15) is 27.2 Å². The molecule has 7 nitrogen and oxygen atoms in total. The number of ether oxygens (including phenoxy) is 1. The zero-order valence-corrected chi connectivity index (χ0v) is 10.2. The van der Waals surface area contributed by atoms with Gasteiger partial charge in [-0.2, -0.15) is 0 Å². The second-order valence-electron chi connectivity index (χ2n) is 4.35. The van der Waals surface area contributed by atoms with Crippen molar-refractivity contribution in [2.45, 2.75) is 32.8 Å². The molecule has 3 N–H and O–H groups in total. The van der Waals surface area contributed by atoms with E-state index in [4.69, 9.17) is 9.84 Å². The Morgan fingerprint density at radius 3 is 2.24 bits per heavy atom. The zero-order valence-electron chi connectivity index (χ0n) is 10.2. The molecule has 0 atom stereocenters. The summed E-state index contributed by atoms with van der Waals surface area (Å²) in [5.41, 5.74) is -0.588. The number of carbonyl (C=O) groups is 3. The summed E-state index contributed by atoms with van der Waals surface area (Å²) in [6, 6.07) is 0. The van der Waals surface area contributed by atoms with Crippen molar-refractivity contribution in [2.24, 2.45) is 0 Å². The van der Waals surface area contributed by atoms with Crippen LogP contribution < -0.4 is 10.6 Å². The predicted molar refractivity (Wildman–Crippen MR) is 59.5 cm³/mol. The first-order valence-electron chi connectivity index (χ1n) is 5.16. The average Bonchev–Trinajstić information content (AvgIpc) is 2.11. The number of carboxylic acid groups (broad SMARTS) is 1. The molecule has 0 aromatic rings. The lowest BCUT2D eigenvalue weighted by Crippen LogP contribution is -2.36. The monoisotopic (exact) mass is 246 g/mol. The number of carbonyl (C=O) groups excluding carboxylic acids is 2. The van der Waals surface area contributed by atoms with E-state index in [1.807, 2.05) is 0 Å². The molecule has 0 unspecified atom stereocenters. The SMILES string of the molecule is CC(C)(C)OC(=O)NCCC(=O)NCC(=O)O. The molecule has 0 aliphatic carbocycles. The second kappa shape index (κ2) is 6.72. The Morgan fingerprint density at radius 1 is 1.18 bits per heavy atom. The number of hydrogen-bond donors (Lipinski definition) is 3. The molecule has 0 spiro atoms. The maximum Gasteiger partial charge on any atom is 0.407 e. The number of rotatable bonds is 5. The molecule has 98 valence electrons. The van der Waals surface area contributed by atoms with Crippen LogP contribution >= 0.6 is 0 Å². The van der Waals surface area contributed by atoms with Crippen molar-refractivity contribution in [2.75, 3.05) is 13.1 Å². The lowest BCUT2D eigenvalue weighted by molar-refractivity contribution is -0.137. The van der Waals surface area contributed by atoms with E-state index in [-0.39, 0.29) is 13.0 Å². The maximum absolute atomic E-state index is 11.1. The normalized spacial score (nSPS) is 10.5. The molecular formula is C10H18N2O5. The quantitative estimate of drug-likeness (QED) is 0.638. The van der Waals surface area contributed by atoms with E-state index < -0.39 is 30.1 Å². The Bertz CT molecular complexity index is 296. The fourth-order valence-corrected chi connectivity index (χ4v) is 0.855. The minimum absolute atomic E-state index is 0.00647. The van der Waals surface area contributed by atoms with E-state index in [0.717, 1.165) is 0 Å². The van der Waals surface area contributed by atoms with Crippen LogP contribution in [-0.2, 0) is 14.3 Å². The predicted octanol–water partition coefficient (Wildman–Crippen LogP) is 0.102. The highest BCUT2D eigenvalue weighted by Gasteiger charge is 2.15. The third-order valence-electron chi connectivity index (χ3n) is 1.46. The smallest absolute Gasteiger partial charge is 0.407 e. The molecule has 0 aromatic carbocycles. The van der Waals surface area contributed by atoms with Crippen molar-refractivity contribution < 1.29 is 24.2 Å². The fourth-order valence-electron chi connectivity index (χ4n) is 0.855. The Labute approximate surface area is 99.5 Å². The molecule has 0 saturated carbocycles. The van der Waals surface area contributed by atoms with Gasteiger partial charge in [-0.1, -0.05) is 0 Å². The van der Waals surface area contributed by atoms with Crippen molar-refractivity contribution in [1.29, 1.82) is 0 Å². The number of alkyl carbamates (subject to hydrolysis) is 1. The van der Waals surface area contributed by atoms with Crippen molar-refractivity contribution in [3.8, 4) is 0 Å². The highest BCUT2D eigenvalue weighted by Crippen LogP contribution is 2.06. The first-order chi connectivity index (χ1) is 7.70. The van der Waals surface area contributed by atoms with Crippen molar-refractivity contribution in [3.05, 3.63) is 0 Å². The Hall–Kier alpha value is -1.79. The van der Waals surface area contributed by atoms with E-state index in [0.29, 0.717) is 0 Å². The molecule has 0 fully saturated rings. The molecule has 2 amide bonds. The van der Waals surface area contributed by atoms with Gasteiger partial charge in [0.1, 0.15) is 12.1 Å². The van der Waals surface area contributed by atoms with Gasteiger partial charge in [0.15, 0.2) is 0 Å². The highest BCUT2D eigenvalue weighted by atomic mass is 16.6. The van der Waals surface area contributed by atoms with Crippen LogP contribution in [-0.4, -0.2) is 41.8 Å². The fraction of sp³-hybridized carbons (Fsp3) is 0.700. The Morgan fingerprint density at radius 2 is 1.76 bits per heavy atom. The number of amides is 2. The lowest BCUT2D eigenvalue weighted by atomic mass is 10.2. The number of aliphatic carboxylic acids is 1. The van der Waals surface area contributed by atoms with Gasteiger partial charge in [-0.15, -0.1) is 0 Å². The van der Waals surface area contributed by atoms with Gasteiger partial charge in [-0.05, 0) is 20.8 Å². The topological polar surface area (TPSA) is 105 Å². The van der Waals surface area contributed by atoms with Gasteiger partial charge in [0.2, 0.25) is 5.91 Å². The molecule has 7 heteroatoms. The third-order valence-corrected chi connectivity index (χ3v) is 1.46. The van der Waals surface area contributed by atoms with Crippen molar-refractivity contribution >= 4 is 18.0 Å². The van der Waals surface area contributed by atoms with Crippen LogP contribution in [0.2, 0.25) is 0 Å². The van der Waals surface area contributed by atoms with Gasteiger partial charge in [0, 0.05) is 13.0 Å². The molecule has 0 saturated heterocycles. The summed E-state index contributed by atoms with van der Waals surface area (Å²) >= 11 is 0. The third kappa shape index (κ3) is 10.5. The van der Waals surface area contributed by atoms with E-state index in [2.05, 4.69) is 10.6 Å². The number of carboxylic acids is 1. The van der Waals surface area contributed by atoms with Crippen LogP contribution in [0.25, 0.3) is 0 Å². The van der Waals surface area contributed by atoms with Gasteiger partial charge in [-0.3, -0.25) is 9.59 Å². The molecule has 0 aliphatic rings. The average molecular weight is 246 g/mol. The number of nitrogens with one attached hydrogen (secondary N) is 2. The van der Waals surface area contributed by atoms with E-state index >= 15 is 0 Å². The summed E-state index contributed by atoms with van der Waals surface area (Å²) in [7, 11) is 0. The Kier molecular flexibility index (Phi) is 6.01. The molecular weight excluding hydrogens is 228 g/mol. The molecule has 0 bridgehead atoms. The highest BCUT2D eigenvalue weighted by molar-refractivity contribution is 5.81. The summed E-state index contributed by atoms with van der Waals surface area (Å²) in [4.78, 5) is 32.3. The van der Waals surface area contributed by atoms with Gasteiger partial charge < -0.3 is 20.5 Å². The van der Waals surface area contributed by atoms with Gasteiger partial charge in [0.25, 0.3) is 0 Å². The van der Waals surface area contributed by atoms with E-state index in [1.54, 1.807) is 20.8 Å². The van der Waals surface area contributed by atoms with Crippen LogP contribution in [0, 0.1) is 0 Å². The summed E-state index contributed by atoms with van der Waals surface area (Å²) < 4.78 is 4.94. The van der Waals surface area contributed by atoms with Gasteiger partial charge in [0.05, 0.1) is 0 Å². The van der Waals surface area contributed by atoms with Crippen LogP contribution in [0.15, 0.2) is 0 Å². The first kappa shape index (κ1) is 15.2. The minimum atomic E-state index is -1.11. The standard InChI is InChI=1S/C10H18N2O5/c1-10(2,3)17-9(16)11-5-4-7(13)12-6-8(14)15/h4-6H2,1-3H3,(H,11,16)(H,12,13)(H,14,15). The first-order valence-corrected chi connectivity index (χ1v) is 5.16. The van der Waals surface area contributed by atoms with Crippen LogP contribution in [0.4, 0.5) is 4.79 Å².